The molecule has 0 saturated heterocycles. The molecule has 0 bridgehead atoms. The third-order valence-electron chi connectivity index (χ3n) is 2.44. The van der Waals surface area contributed by atoms with Gasteiger partial charge < -0.3 is 19.9 Å². The average molecular weight is 253 g/mol. The van der Waals surface area contributed by atoms with Crippen molar-refractivity contribution in [3.8, 4) is 0 Å². The summed E-state index contributed by atoms with van der Waals surface area (Å²) in [4.78, 5) is 0. The third kappa shape index (κ3) is 7.40. The molecule has 18 heavy (non-hydrogen) atoms. The molecule has 0 saturated carbocycles. The van der Waals surface area contributed by atoms with Crippen LogP contribution in [0.5, 0.6) is 0 Å². The van der Waals surface area contributed by atoms with Crippen LogP contribution in [0.3, 0.4) is 0 Å². The summed E-state index contributed by atoms with van der Waals surface area (Å²) >= 11 is 0. The van der Waals surface area contributed by atoms with Crippen molar-refractivity contribution in [2.45, 2.75) is 19.6 Å². The van der Waals surface area contributed by atoms with Gasteiger partial charge in [0, 0.05) is 19.7 Å². The summed E-state index contributed by atoms with van der Waals surface area (Å²) in [7, 11) is 0. The highest BCUT2D eigenvalue weighted by atomic mass is 16.5. The van der Waals surface area contributed by atoms with Crippen LogP contribution in [0.2, 0.25) is 0 Å². The second-order valence-corrected chi connectivity index (χ2v) is 4.04. The molecular weight excluding hydrogens is 230 g/mol. The SMILES string of the molecule is CCOCCOCC(O)CNCc1ccccc1. The van der Waals surface area contributed by atoms with Gasteiger partial charge in [-0.2, -0.15) is 0 Å². The molecule has 1 aromatic carbocycles. The van der Waals surface area contributed by atoms with Crippen molar-refractivity contribution < 1.29 is 14.6 Å². The van der Waals surface area contributed by atoms with Gasteiger partial charge in [0.15, 0.2) is 0 Å². The Morgan fingerprint density at radius 2 is 1.89 bits per heavy atom. The summed E-state index contributed by atoms with van der Waals surface area (Å²) in [6, 6.07) is 10.1. The molecule has 102 valence electrons. The highest BCUT2D eigenvalue weighted by molar-refractivity contribution is 5.14. The zero-order valence-corrected chi connectivity index (χ0v) is 11.0. The van der Waals surface area contributed by atoms with Crippen molar-refractivity contribution in [3.63, 3.8) is 0 Å². The lowest BCUT2D eigenvalue weighted by Gasteiger charge is -2.12. The van der Waals surface area contributed by atoms with E-state index in [1.54, 1.807) is 0 Å². The molecule has 0 fully saturated rings. The molecule has 1 rings (SSSR count). The fraction of sp³-hybridized carbons (Fsp3) is 0.571. The zero-order valence-electron chi connectivity index (χ0n) is 11.0. The lowest BCUT2D eigenvalue weighted by Crippen LogP contribution is -2.30. The lowest BCUT2D eigenvalue weighted by molar-refractivity contribution is 0.00643. The maximum atomic E-state index is 9.66. The maximum Gasteiger partial charge on any atom is 0.0897 e. The zero-order chi connectivity index (χ0) is 13.1. The molecule has 4 heteroatoms. The summed E-state index contributed by atoms with van der Waals surface area (Å²) < 4.78 is 10.4. The van der Waals surface area contributed by atoms with E-state index in [1.807, 2.05) is 25.1 Å². The molecule has 4 nitrogen and oxygen atoms in total. The number of aliphatic hydroxyl groups excluding tert-OH is 1. The van der Waals surface area contributed by atoms with Gasteiger partial charge >= 0.3 is 0 Å². The Morgan fingerprint density at radius 3 is 2.61 bits per heavy atom. The summed E-state index contributed by atoms with van der Waals surface area (Å²) in [5.41, 5.74) is 1.21. The second-order valence-electron chi connectivity index (χ2n) is 4.04. The number of ether oxygens (including phenoxy) is 2. The van der Waals surface area contributed by atoms with Crippen molar-refractivity contribution in [3.05, 3.63) is 35.9 Å². The van der Waals surface area contributed by atoms with Crippen LogP contribution in [0.15, 0.2) is 30.3 Å². The normalized spacial score (nSPS) is 12.6. The highest BCUT2D eigenvalue weighted by Gasteiger charge is 2.03. The van der Waals surface area contributed by atoms with Gasteiger partial charge in [-0.3, -0.25) is 0 Å². The van der Waals surface area contributed by atoms with Crippen LogP contribution in [0, 0.1) is 0 Å². The van der Waals surface area contributed by atoms with Gasteiger partial charge in [0.2, 0.25) is 0 Å². The standard InChI is InChI=1S/C14H23NO3/c1-2-17-8-9-18-12-14(16)11-15-10-13-6-4-3-5-7-13/h3-7,14-16H,2,8-12H2,1H3. The van der Waals surface area contributed by atoms with Crippen molar-refractivity contribution in [1.29, 1.82) is 0 Å². The monoisotopic (exact) mass is 253 g/mol. The van der Waals surface area contributed by atoms with Crippen molar-refractivity contribution in [2.24, 2.45) is 0 Å². The molecule has 1 atom stereocenters. The van der Waals surface area contributed by atoms with E-state index in [-0.39, 0.29) is 0 Å². The summed E-state index contributed by atoms with van der Waals surface area (Å²) in [5.74, 6) is 0. The van der Waals surface area contributed by atoms with Crippen LogP contribution in [0.4, 0.5) is 0 Å². The summed E-state index contributed by atoms with van der Waals surface area (Å²) in [6.45, 7) is 5.40. The fourth-order valence-electron chi connectivity index (χ4n) is 1.52. The fourth-order valence-corrected chi connectivity index (χ4v) is 1.52. The highest BCUT2D eigenvalue weighted by Crippen LogP contribution is 1.97. The first-order valence-electron chi connectivity index (χ1n) is 6.41. The van der Waals surface area contributed by atoms with Gasteiger partial charge in [-0.25, -0.2) is 0 Å². The predicted octanol–water partition coefficient (Wildman–Crippen LogP) is 1.19. The van der Waals surface area contributed by atoms with Crippen LogP contribution in [-0.2, 0) is 16.0 Å². The largest absolute Gasteiger partial charge is 0.389 e. The Kier molecular flexibility index (Phi) is 8.42. The number of nitrogens with one attached hydrogen (secondary N) is 1. The van der Waals surface area contributed by atoms with E-state index in [1.165, 1.54) is 5.56 Å². The minimum Gasteiger partial charge on any atom is -0.389 e. The van der Waals surface area contributed by atoms with Crippen molar-refractivity contribution in [2.75, 3.05) is 33.0 Å². The first kappa shape index (κ1) is 15.1. The first-order chi connectivity index (χ1) is 8.83. The van der Waals surface area contributed by atoms with Crippen LogP contribution in [0.1, 0.15) is 12.5 Å². The smallest absolute Gasteiger partial charge is 0.0897 e. The lowest BCUT2D eigenvalue weighted by atomic mass is 10.2. The van der Waals surface area contributed by atoms with Gasteiger partial charge in [-0.05, 0) is 12.5 Å². The number of hydrogen-bond acceptors (Lipinski definition) is 4. The average Bonchev–Trinajstić information content (AvgIpc) is 2.40. The van der Waals surface area contributed by atoms with Gasteiger partial charge in [0.05, 0.1) is 25.9 Å². The van der Waals surface area contributed by atoms with E-state index in [2.05, 4.69) is 17.4 Å². The molecule has 0 aliphatic carbocycles. The van der Waals surface area contributed by atoms with E-state index in [4.69, 9.17) is 9.47 Å². The van der Waals surface area contributed by atoms with Gasteiger partial charge in [0.25, 0.3) is 0 Å². The molecule has 1 aromatic rings. The molecular formula is C14H23NO3. The molecule has 0 aromatic heterocycles. The van der Waals surface area contributed by atoms with Crippen LogP contribution in [-0.4, -0.2) is 44.2 Å². The molecule has 0 amide bonds. The Hall–Kier alpha value is -0.940. The Balaban J connectivity index is 1.98. The maximum absolute atomic E-state index is 9.66. The second kappa shape index (κ2) is 10.0. The van der Waals surface area contributed by atoms with Crippen LogP contribution >= 0.6 is 0 Å². The van der Waals surface area contributed by atoms with Gasteiger partial charge in [-0.1, -0.05) is 30.3 Å². The van der Waals surface area contributed by atoms with E-state index in [9.17, 15) is 5.11 Å². The topological polar surface area (TPSA) is 50.7 Å². The minimum atomic E-state index is -0.477. The number of aliphatic hydroxyl groups is 1. The Labute approximate surface area is 109 Å². The van der Waals surface area contributed by atoms with E-state index in [0.29, 0.717) is 33.0 Å². The number of hydrogen-bond donors (Lipinski definition) is 2. The van der Waals surface area contributed by atoms with Crippen LogP contribution < -0.4 is 5.32 Å². The first-order valence-corrected chi connectivity index (χ1v) is 6.41. The van der Waals surface area contributed by atoms with E-state index >= 15 is 0 Å². The number of rotatable bonds is 10. The van der Waals surface area contributed by atoms with Crippen molar-refractivity contribution in [1.82, 2.24) is 5.32 Å². The number of benzene rings is 1. The van der Waals surface area contributed by atoms with Crippen LogP contribution in [0.25, 0.3) is 0 Å². The summed E-state index contributed by atoms with van der Waals surface area (Å²) in [5, 5.41) is 12.8. The molecule has 0 radical (unpaired) electrons. The molecule has 1 unspecified atom stereocenters. The van der Waals surface area contributed by atoms with Gasteiger partial charge in [-0.15, -0.1) is 0 Å². The quantitative estimate of drug-likeness (QED) is 0.615. The van der Waals surface area contributed by atoms with E-state index in [0.717, 1.165) is 6.54 Å². The van der Waals surface area contributed by atoms with E-state index < -0.39 is 6.10 Å². The van der Waals surface area contributed by atoms with Crippen molar-refractivity contribution >= 4 is 0 Å². The third-order valence-corrected chi connectivity index (χ3v) is 2.44. The molecule has 0 spiro atoms. The Bertz CT molecular complexity index is 292. The predicted molar refractivity (Wildman–Crippen MR) is 71.5 cm³/mol. The molecule has 2 N–H and O–H groups in total. The van der Waals surface area contributed by atoms with Gasteiger partial charge in [0.1, 0.15) is 0 Å². The molecule has 0 heterocycles. The Morgan fingerprint density at radius 1 is 1.17 bits per heavy atom. The molecule has 0 aliphatic heterocycles. The minimum absolute atomic E-state index is 0.342. The summed E-state index contributed by atoms with van der Waals surface area (Å²) in [6.07, 6.45) is -0.477. The molecule has 0 aliphatic rings.